The van der Waals surface area contributed by atoms with Crippen molar-refractivity contribution < 1.29 is 14.0 Å². The molecule has 1 aliphatic heterocycles. The van der Waals surface area contributed by atoms with Crippen molar-refractivity contribution in [1.29, 1.82) is 0 Å². The van der Waals surface area contributed by atoms with Crippen LogP contribution >= 0.6 is 0 Å². The summed E-state index contributed by atoms with van der Waals surface area (Å²) in [5.74, 6) is 0.364. The third-order valence-electron chi connectivity index (χ3n) is 8.17. The second-order valence-electron chi connectivity index (χ2n) is 11.5. The number of carbonyl (C=O) groups excluding carboxylic acids is 2. The van der Waals surface area contributed by atoms with E-state index in [1.165, 1.54) is 17.7 Å². The third kappa shape index (κ3) is 5.68. The molecule has 1 aliphatic rings. The zero-order valence-electron chi connectivity index (χ0n) is 23.6. The fourth-order valence-electron chi connectivity index (χ4n) is 5.93. The van der Waals surface area contributed by atoms with Crippen molar-refractivity contribution in [3.8, 4) is 5.69 Å². The van der Waals surface area contributed by atoms with Crippen LogP contribution in [-0.4, -0.2) is 63.8 Å². The van der Waals surface area contributed by atoms with Crippen molar-refractivity contribution in [2.75, 3.05) is 20.1 Å². The van der Waals surface area contributed by atoms with E-state index < -0.39 is 5.82 Å². The Bertz CT molecular complexity index is 1300. The number of aldehydes is 1. The van der Waals surface area contributed by atoms with E-state index in [2.05, 4.69) is 36.9 Å². The van der Waals surface area contributed by atoms with E-state index in [4.69, 9.17) is 0 Å². The standard InChI is InChI=1S/C31H41FN4O2/c1-20(2)27(8-7-13-37)35-12-11-23(18-35)14-24-19-36(29-17-33-16-22(5)30(24)29)28-10-9-25(32)15-26(28)31(38)34(6)21(3)4/h9-10,13,15-17,19-21,23,27H,7-8,11-12,14,18H2,1-6H3/t23-,27+/m0/s1. The van der Waals surface area contributed by atoms with Gasteiger partial charge in [0.25, 0.3) is 5.91 Å². The Hall–Kier alpha value is -3.06. The minimum Gasteiger partial charge on any atom is -0.339 e. The number of fused-ring (bicyclic) bond motifs is 1. The van der Waals surface area contributed by atoms with Crippen LogP contribution in [0.4, 0.5) is 4.39 Å². The van der Waals surface area contributed by atoms with Gasteiger partial charge in [0.2, 0.25) is 0 Å². The van der Waals surface area contributed by atoms with Crippen molar-refractivity contribution >= 4 is 23.1 Å². The Morgan fingerprint density at radius 3 is 2.68 bits per heavy atom. The lowest BCUT2D eigenvalue weighted by Crippen LogP contribution is -2.37. The maximum atomic E-state index is 14.4. The second kappa shape index (κ2) is 11.8. The molecule has 1 fully saturated rings. The van der Waals surface area contributed by atoms with Crippen LogP contribution < -0.4 is 0 Å². The van der Waals surface area contributed by atoms with Gasteiger partial charge in [-0.25, -0.2) is 4.39 Å². The van der Waals surface area contributed by atoms with Gasteiger partial charge in [-0.1, -0.05) is 13.8 Å². The fourth-order valence-corrected chi connectivity index (χ4v) is 5.93. The minimum absolute atomic E-state index is 0.00833. The lowest BCUT2D eigenvalue weighted by atomic mass is 9.96. The lowest BCUT2D eigenvalue weighted by molar-refractivity contribution is -0.108. The van der Waals surface area contributed by atoms with Gasteiger partial charge in [0.1, 0.15) is 12.1 Å². The first-order chi connectivity index (χ1) is 18.1. The summed E-state index contributed by atoms with van der Waals surface area (Å²) in [6, 6.07) is 4.86. The third-order valence-corrected chi connectivity index (χ3v) is 8.17. The number of halogens is 1. The van der Waals surface area contributed by atoms with Gasteiger partial charge >= 0.3 is 0 Å². The summed E-state index contributed by atoms with van der Waals surface area (Å²) in [6.07, 6.45) is 10.4. The SMILES string of the molecule is Cc1cncc2c1c(C[C@@H]1CCN([C@H](CCC=O)C(C)C)C1)cn2-c1ccc(F)cc1C(=O)N(C)C(C)C. The molecule has 1 saturated heterocycles. The predicted molar refractivity (Wildman–Crippen MR) is 150 cm³/mol. The molecule has 0 spiro atoms. The first kappa shape index (κ1) is 28.0. The predicted octanol–water partition coefficient (Wildman–Crippen LogP) is 5.82. The van der Waals surface area contributed by atoms with Crippen LogP contribution in [0.1, 0.15) is 68.4 Å². The molecule has 3 heterocycles. The van der Waals surface area contributed by atoms with E-state index in [-0.39, 0.29) is 11.9 Å². The summed E-state index contributed by atoms with van der Waals surface area (Å²) >= 11 is 0. The number of aromatic nitrogens is 2. The van der Waals surface area contributed by atoms with Crippen LogP contribution in [0.3, 0.4) is 0 Å². The summed E-state index contributed by atoms with van der Waals surface area (Å²) in [4.78, 5) is 33.0. The molecule has 38 heavy (non-hydrogen) atoms. The molecule has 0 N–H and O–H groups in total. The summed E-state index contributed by atoms with van der Waals surface area (Å²) in [5.41, 5.74) is 4.24. The maximum absolute atomic E-state index is 14.4. The summed E-state index contributed by atoms with van der Waals surface area (Å²) in [7, 11) is 1.75. The number of pyridine rings is 1. The molecule has 0 aliphatic carbocycles. The topological polar surface area (TPSA) is 58.4 Å². The smallest absolute Gasteiger partial charge is 0.256 e. The molecule has 2 atom stereocenters. The highest BCUT2D eigenvalue weighted by Gasteiger charge is 2.31. The van der Waals surface area contributed by atoms with Crippen molar-refractivity contribution in [1.82, 2.24) is 19.4 Å². The van der Waals surface area contributed by atoms with Crippen molar-refractivity contribution in [2.24, 2.45) is 11.8 Å². The van der Waals surface area contributed by atoms with Crippen LogP contribution in [0.5, 0.6) is 0 Å². The van der Waals surface area contributed by atoms with Gasteiger partial charge in [-0.05, 0) is 87.7 Å². The monoisotopic (exact) mass is 520 g/mol. The Morgan fingerprint density at radius 2 is 2.00 bits per heavy atom. The molecule has 6 nitrogen and oxygen atoms in total. The summed E-state index contributed by atoms with van der Waals surface area (Å²) in [5, 5.41) is 1.15. The lowest BCUT2D eigenvalue weighted by Gasteiger charge is -2.30. The molecule has 3 aromatic rings. The van der Waals surface area contributed by atoms with Gasteiger partial charge < -0.3 is 14.3 Å². The number of rotatable bonds is 10. The number of aryl methyl sites for hydroxylation is 1. The van der Waals surface area contributed by atoms with Crippen molar-refractivity contribution in [3.05, 3.63) is 59.3 Å². The fraction of sp³-hybridized carbons (Fsp3) is 0.516. The highest BCUT2D eigenvalue weighted by Crippen LogP contribution is 2.33. The number of amides is 1. The number of nitrogens with zero attached hydrogens (tertiary/aromatic N) is 4. The highest BCUT2D eigenvalue weighted by atomic mass is 19.1. The molecular weight excluding hydrogens is 479 g/mol. The van der Waals surface area contributed by atoms with Crippen LogP contribution in [0.25, 0.3) is 16.6 Å². The van der Waals surface area contributed by atoms with Crippen molar-refractivity contribution in [2.45, 2.75) is 72.4 Å². The molecule has 7 heteroatoms. The molecule has 0 saturated carbocycles. The molecule has 0 radical (unpaired) electrons. The van der Waals surface area contributed by atoms with Gasteiger partial charge in [-0.3, -0.25) is 14.7 Å². The van der Waals surface area contributed by atoms with E-state index in [1.807, 2.05) is 30.8 Å². The van der Waals surface area contributed by atoms with Crippen molar-refractivity contribution in [3.63, 3.8) is 0 Å². The highest BCUT2D eigenvalue weighted by molar-refractivity contribution is 5.99. The van der Waals surface area contributed by atoms with Gasteiger partial charge in [-0.2, -0.15) is 0 Å². The molecule has 0 bridgehead atoms. The average Bonchev–Trinajstić information content (AvgIpc) is 3.49. The largest absolute Gasteiger partial charge is 0.339 e. The number of hydrogen-bond acceptors (Lipinski definition) is 4. The Labute approximate surface area is 225 Å². The maximum Gasteiger partial charge on any atom is 0.256 e. The second-order valence-corrected chi connectivity index (χ2v) is 11.5. The van der Waals surface area contributed by atoms with Crippen LogP contribution in [0.15, 0.2) is 36.8 Å². The Kier molecular flexibility index (Phi) is 8.66. The van der Waals surface area contributed by atoms with E-state index in [9.17, 15) is 14.0 Å². The Morgan fingerprint density at radius 1 is 1.24 bits per heavy atom. The molecule has 2 aromatic heterocycles. The van der Waals surface area contributed by atoms with Crippen LogP contribution in [0, 0.1) is 24.6 Å². The number of likely N-dealkylation sites (tertiary alicyclic amines) is 1. The first-order valence-electron chi connectivity index (χ1n) is 13.8. The van der Waals surface area contributed by atoms with Crippen LogP contribution in [-0.2, 0) is 11.2 Å². The minimum atomic E-state index is -0.430. The molecule has 1 aromatic carbocycles. The van der Waals surface area contributed by atoms with E-state index >= 15 is 0 Å². The molecule has 1 amide bonds. The van der Waals surface area contributed by atoms with E-state index in [0.29, 0.717) is 35.5 Å². The molecule has 0 unspecified atom stereocenters. The van der Waals surface area contributed by atoms with Crippen LogP contribution in [0.2, 0.25) is 0 Å². The first-order valence-corrected chi connectivity index (χ1v) is 13.8. The Balaban J connectivity index is 1.70. The normalized spacial score (nSPS) is 17.0. The van der Waals surface area contributed by atoms with Gasteiger partial charge in [0.15, 0.2) is 0 Å². The molecule has 204 valence electrons. The molecule has 4 rings (SSSR count). The quantitative estimate of drug-likeness (QED) is 0.316. The number of hydrogen-bond donors (Lipinski definition) is 0. The number of benzene rings is 1. The zero-order chi connectivity index (χ0) is 27.6. The summed E-state index contributed by atoms with van der Waals surface area (Å²) < 4.78 is 16.4. The van der Waals surface area contributed by atoms with Gasteiger partial charge in [0.05, 0.1) is 23.0 Å². The number of carbonyl (C=O) groups is 2. The van der Waals surface area contributed by atoms with Gasteiger partial charge in [0, 0.05) is 49.9 Å². The zero-order valence-corrected chi connectivity index (χ0v) is 23.6. The molecular formula is C31H41FN4O2. The van der Waals surface area contributed by atoms with E-state index in [1.54, 1.807) is 18.0 Å². The van der Waals surface area contributed by atoms with Gasteiger partial charge in [-0.15, -0.1) is 0 Å². The van der Waals surface area contributed by atoms with E-state index in [0.717, 1.165) is 55.1 Å². The average molecular weight is 521 g/mol. The summed E-state index contributed by atoms with van der Waals surface area (Å²) in [6.45, 7) is 12.5.